The lowest BCUT2D eigenvalue weighted by atomic mass is 9.92. The van der Waals surface area contributed by atoms with E-state index in [-0.39, 0.29) is 24.2 Å². The van der Waals surface area contributed by atoms with E-state index in [9.17, 15) is 23.5 Å². The number of benzene rings is 2. The zero-order chi connectivity index (χ0) is 19.4. The number of aliphatic carboxylic acids is 1. The summed E-state index contributed by atoms with van der Waals surface area (Å²) in [6.45, 7) is 0. The van der Waals surface area contributed by atoms with Gasteiger partial charge in [0.2, 0.25) is 0 Å². The van der Waals surface area contributed by atoms with Crippen molar-refractivity contribution < 1.29 is 23.5 Å². The molecule has 0 aliphatic heterocycles. The van der Waals surface area contributed by atoms with Gasteiger partial charge < -0.3 is 5.11 Å². The second-order valence-electron chi connectivity index (χ2n) is 5.99. The van der Waals surface area contributed by atoms with Crippen LogP contribution in [0.5, 0.6) is 0 Å². The number of carboxylic acids is 1. The van der Waals surface area contributed by atoms with Gasteiger partial charge in [-0.15, -0.1) is 11.3 Å². The fourth-order valence-corrected chi connectivity index (χ4v) is 3.51. The van der Waals surface area contributed by atoms with E-state index in [1.807, 2.05) is 30.3 Å². The summed E-state index contributed by atoms with van der Waals surface area (Å²) in [5.41, 5.74) is 1.54. The van der Waals surface area contributed by atoms with E-state index < -0.39 is 23.5 Å². The lowest BCUT2D eigenvalue weighted by Gasteiger charge is -2.12. The fourth-order valence-electron chi connectivity index (χ4n) is 2.68. The van der Waals surface area contributed by atoms with Crippen molar-refractivity contribution in [3.8, 4) is 10.6 Å². The molecule has 0 saturated carbocycles. The van der Waals surface area contributed by atoms with Gasteiger partial charge in [0.15, 0.2) is 11.6 Å². The molecule has 3 rings (SSSR count). The van der Waals surface area contributed by atoms with Gasteiger partial charge in [-0.1, -0.05) is 36.4 Å². The zero-order valence-corrected chi connectivity index (χ0v) is 14.9. The predicted molar refractivity (Wildman–Crippen MR) is 97.6 cm³/mol. The molecular weight excluding hydrogens is 372 g/mol. The van der Waals surface area contributed by atoms with Crippen molar-refractivity contribution in [2.24, 2.45) is 0 Å². The number of aromatic nitrogens is 1. The van der Waals surface area contributed by atoms with E-state index in [1.54, 1.807) is 5.38 Å². The van der Waals surface area contributed by atoms with Gasteiger partial charge in [0.25, 0.3) is 0 Å². The summed E-state index contributed by atoms with van der Waals surface area (Å²) in [6.07, 6.45) is -0.338. The number of carboxylic acid groups (broad SMARTS) is 1. The molecule has 0 aliphatic rings. The Morgan fingerprint density at radius 3 is 2.48 bits per heavy atom. The first kappa shape index (κ1) is 18.8. The Morgan fingerprint density at radius 1 is 1.07 bits per heavy atom. The first-order chi connectivity index (χ1) is 12.9. The highest BCUT2D eigenvalue weighted by Gasteiger charge is 2.25. The van der Waals surface area contributed by atoms with E-state index in [0.29, 0.717) is 5.69 Å². The molecule has 2 aromatic carbocycles. The Morgan fingerprint density at radius 2 is 1.81 bits per heavy atom. The highest BCUT2D eigenvalue weighted by atomic mass is 32.1. The highest BCUT2D eigenvalue weighted by Crippen LogP contribution is 2.26. The minimum Gasteiger partial charge on any atom is -0.481 e. The topological polar surface area (TPSA) is 67.3 Å². The van der Waals surface area contributed by atoms with Crippen LogP contribution in [0.4, 0.5) is 8.78 Å². The molecular formula is C20H15F2NO3S. The maximum atomic E-state index is 13.4. The number of hydrogen-bond acceptors (Lipinski definition) is 4. The third-order valence-corrected chi connectivity index (χ3v) is 4.97. The molecule has 7 heteroatoms. The Bertz CT molecular complexity index is 972. The first-order valence-corrected chi connectivity index (χ1v) is 9.01. The van der Waals surface area contributed by atoms with Crippen molar-refractivity contribution in [1.29, 1.82) is 0 Å². The first-order valence-electron chi connectivity index (χ1n) is 8.13. The fraction of sp³-hybridized carbons (Fsp3) is 0.150. The van der Waals surface area contributed by atoms with Crippen LogP contribution >= 0.6 is 11.3 Å². The number of carbonyl (C=O) groups excluding carboxylic acids is 1. The zero-order valence-electron chi connectivity index (χ0n) is 14.1. The summed E-state index contributed by atoms with van der Waals surface area (Å²) < 4.78 is 26.4. The third kappa shape index (κ3) is 4.62. The smallest absolute Gasteiger partial charge is 0.311 e. The van der Waals surface area contributed by atoms with Crippen LogP contribution in [0.2, 0.25) is 0 Å². The normalized spacial score (nSPS) is 11.9. The lowest BCUT2D eigenvalue weighted by molar-refractivity contribution is -0.140. The molecule has 3 aromatic rings. The molecule has 1 unspecified atom stereocenters. The lowest BCUT2D eigenvalue weighted by Crippen LogP contribution is -2.18. The van der Waals surface area contributed by atoms with Crippen LogP contribution in [0.25, 0.3) is 10.6 Å². The Kier molecular flexibility index (Phi) is 5.71. The van der Waals surface area contributed by atoms with E-state index in [1.165, 1.54) is 17.4 Å². The van der Waals surface area contributed by atoms with Crippen LogP contribution in [0.1, 0.15) is 23.6 Å². The standard InChI is InChI=1S/C20H15F2NO3S/c21-17-7-6-13(8-18(17)22)16(20(25)26)10-15(24)9-14-11-27-19(23-14)12-4-2-1-3-5-12/h1-8,11,16H,9-10H2,(H,25,26). The summed E-state index contributed by atoms with van der Waals surface area (Å²) >= 11 is 1.40. The van der Waals surface area contributed by atoms with Crippen LogP contribution in [0.15, 0.2) is 53.9 Å². The van der Waals surface area contributed by atoms with Gasteiger partial charge in [-0.25, -0.2) is 13.8 Å². The van der Waals surface area contributed by atoms with Crippen LogP contribution in [-0.4, -0.2) is 21.8 Å². The van der Waals surface area contributed by atoms with Gasteiger partial charge in [0, 0.05) is 23.8 Å². The number of nitrogens with zero attached hydrogens (tertiary/aromatic N) is 1. The van der Waals surface area contributed by atoms with E-state index in [4.69, 9.17) is 0 Å². The second kappa shape index (κ2) is 8.18. The quantitative estimate of drug-likeness (QED) is 0.650. The molecule has 1 atom stereocenters. The summed E-state index contributed by atoms with van der Waals surface area (Å²) in [4.78, 5) is 28.2. The molecule has 27 heavy (non-hydrogen) atoms. The molecule has 0 bridgehead atoms. The van der Waals surface area contributed by atoms with Gasteiger partial charge >= 0.3 is 5.97 Å². The summed E-state index contributed by atoms with van der Waals surface area (Å²) in [7, 11) is 0. The predicted octanol–water partition coefficient (Wildman–Crippen LogP) is 4.46. The summed E-state index contributed by atoms with van der Waals surface area (Å²) in [6, 6.07) is 12.4. The highest BCUT2D eigenvalue weighted by molar-refractivity contribution is 7.13. The van der Waals surface area contributed by atoms with Crippen molar-refractivity contribution in [2.45, 2.75) is 18.8 Å². The molecule has 1 heterocycles. The van der Waals surface area contributed by atoms with Gasteiger partial charge in [0.05, 0.1) is 11.6 Å². The summed E-state index contributed by atoms with van der Waals surface area (Å²) in [5, 5.41) is 11.9. The third-order valence-electron chi connectivity index (χ3n) is 4.03. The van der Waals surface area contributed by atoms with Crippen molar-refractivity contribution in [3.63, 3.8) is 0 Å². The van der Waals surface area contributed by atoms with Crippen LogP contribution in [-0.2, 0) is 16.0 Å². The van der Waals surface area contributed by atoms with Gasteiger partial charge in [-0.2, -0.15) is 0 Å². The van der Waals surface area contributed by atoms with Gasteiger partial charge in [-0.3, -0.25) is 9.59 Å². The van der Waals surface area contributed by atoms with Crippen molar-refractivity contribution in [1.82, 2.24) is 4.98 Å². The maximum absolute atomic E-state index is 13.4. The number of ketones is 1. The average Bonchev–Trinajstić information content (AvgIpc) is 3.11. The van der Waals surface area contributed by atoms with E-state index >= 15 is 0 Å². The van der Waals surface area contributed by atoms with E-state index in [2.05, 4.69) is 4.98 Å². The molecule has 0 radical (unpaired) electrons. The molecule has 0 spiro atoms. The molecule has 4 nitrogen and oxygen atoms in total. The van der Waals surface area contributed by atoms with Gasteiger partial charge in [0.1, 0.15) is 10.8 Å². The number of halogens is 2. The molecule has 0 amide bonds. The number of Topliss-reactive ketones (excluding diaryl/α,β-unsaturated/α-hetero) is 1. The van der Waals surface area contributed by atoms with Crippen LogP contribution in [0.3, 0.4) is 0 Å². The van der Waals surface area contributed by atoms with Crippen LogP contribution in [0, 0.1) is 11.6 Å². The minimum atomic E-state index is -1.27. The van der Waals surface area contributed by atoms with Crippen molar-refractivity contribution in [3.05, 3.63) is 76.8 Å². The van der Waals surface area contributed by atoms with E-state index in [0.717, 1.165) is 22.7 Å². The summed E-state index contributed by atoms with van der Waals surface area (Å²) in [5.74, 6) is -5.04. The number of carbonyl (C=O) groups is 2. The number of rotatable bonds is 7. The SMILES string of the molecule is O=C(Cc1csc(-c2ccccc2)n1)CC(C(=O)O)c1ccc(F)c(F)c1. The number of hydrogen-bond donors (Lipinski definition) is 1. The second-order valence-corrected chi connectivity index (χ2v) is 6.85. The molecule has 138 valence electrons. The Labute approximate surface area is 158 Å². The Hall–Kier alpha value is -2.93. The molecule has 1 N–H and O–H groups in total. The molecule has 0 aliphatic carbocycles. The molecule has 1 aromatic heterocycles. The van der Waals surface area contributed by atoms with Gasteiger partial charge in [-0.05, 0) is 17.7 Å². The van der Waals surface area contributed by atoms with Crippen LogP contribution < -0.4 is 0 Å². The monoisotopic (exact) mass is 387 g/mol. The number of thiazole rings is 1. The Balaban J connectivity index is 1.71. The van der Waals surface area contributed by atoms with Crippen molar-refractivity contribution in [2.75, 3.05) is 0 Å². The average molecular weight is 387 g/mol. The largest absolute Gasteiger partial charge is 0.481 e. The van der Waals surface area contributed by atoms with Crippen molar-refractivity contribution >= 4 is 23.1 Å². The minimum absolute atomic E-state index is 0.0171. The molecule has 0 saturated heterocycles. The maximum Gasteiger partial charge on any atom is 0.311 e. The molecule has 0 fully saturated rings.